The van der Waals surface area contributed by atoms with Gasteiger partial charge in [0.15, 0.2) is 0 Å². The summed E-state index contributed by atoms with van der Waals surface area (Å²) >= 11 is 0. The molecule has 1 rings (SSSR count). The van der Waals surface area contributed by atoms with Gasteiger partial charge in [0.1, 0.15) is 37.6 Å². The van der Waals surface area contributed by atoms with Crippen molar-refractivity contribution in [1.82, 2.24) is 0 Å². The Morgan fingerprint density at radius 3 is 1.45 bits per heavy atom. The number of esters is 2. The van der Waals surface area contributed by atoms with Gasteiger partial charge in [0.05, 0.1) is 0 Å². The summed E-state index contributed by atoms with van der Waals surface area (Å²) in [5.41, 5.74) is 1.35. The monoisotopic (exact) mass is 306 g/mol. The first-order valence-electron chi connectivity index (χ1n) is 6.75. The average Bonchev–Trinajstić information content (AvgIpc) is 2.42. The Balaban J connectivity index is 2.58. The van der Waals surface area contributed by atoms with Crippen molar-refractivity contribution in [3.63, 3.8) is 0 Å². The van der Waals surface area contributed by atoms with Gasteiger partial charge in [-0.2, -0.15) is 0 Å². The third-order valence-corrected chi connectivity index (χ3v) is 2.68. The quantitative estimate of drug-likeness (QED) is 0.537. The highest BCUT2D eigenvalue weighted by molar-refractivity contribution is 5.94. The maximum atomic E-state index is 11.4. The molecule has 118 valence electrons. The van der Waals surface area contributed by atoms with E-state index in [0.717, 1.165) is 0 Å². The van der Waals surface area contributed by atoms with E-state index in [2.05, 4.69) is 0 Å². The van der Waals surface area contributed by atoms with Crippen molar-refractivity contribution in [2.75, 3.05) is 0 Å². The zero-order valence-electron chi connectivity index (χ0n) is 12.6. The minimum Gasteiger partial charge on any atom is -0.460 e. The van der Waals surface area contributed by atoms with Crippen LogP contribution in [0.3, 0.4) is 0 Å². The lowest BCUT2D eigenvalue weighted by Crippen LogP contribution is -2.12. The minimum atomic E-state index is -0.601. The fraction of sp³-hybridized carbons (Fsp3) is 0.375. The fourth-order valence-electron chi connectivity index (χ4n) is 1.66. The molecule has 0 bridgehead atoms. The van der Waals surface area contributed by atoms with Crippen LogP contribution in [0.5, 0.6) is 0 Å². The van der Waals surface area contributed by atoms with Crippen molar-refractivity contribution in [2.45, 2.75) is 39.9 Å². The van der Waals surface area contributed by atoms with E-state index in [0.29, 0.717) is 11.1 Å². The van der Waals surface area contributed by atoms with Crippen molar-refractivity contribution >= 4 is 23.5 Å². The molecule has 1 aromatic rings. The fourth-order valence-corrected chi connectivity index (χ4v) is 1.66. The number of ketones is 2. The maximum Gasteiger partial charge on any atom is 0.313 e. The van der Waals surface area contributed by atoms with Crippen LogP contribution in [-0.2, 0) is 41.9 Å². The van der Waals surface area contributed by atoms with Gasteiger partial charge < -0.3 is 9.47 Å². The molecule has 0 N–H and O–H groups in total. The predicted molar refractivity (Wildman–Crippen MR) is 76.6 cm³/mol. The number of Topliss-reactive ketones (excluding diaryl/α,β-unsaturated/α-hetero) is 2. The first-order chi connectivity index (χ1) is 10.4. The van der Waals surface area contributed by atoms with Crippen molar-refractivity contribution in [3.05, 3.63) is 35.4 Å². The van der Waals surface area contributed by atoms with Crippen molar-refractivity contribution in [3.8, 4) is 0 Å². The van der Waals surface area contributed by atoms with Crippen molar-refractivity contribution in [1.29, 1.82) is 0 Å². The third kappa shape index (κ3) is 6.78. The average molecular weight is 306 g/mol. The Bertz CT molecular complexity index is 525. The lowest BCUT2D eigenvalue weighted by molar-refractivity contribution is -0.149. The van der Waals surface area contributed by atoms with Crippen LogP contribution in [0.1, 0.15) is 37.8 Å². The molecule has 0 unspecified atom stereocenters. The van der Waals surface area contributed by atoms with Gasteiger partial charge in [-0.3, -0.25) is 19.2 Å². The molecule has 0 saturated carbocycles. The molecule has 0 aliphatic rings. The number of hydrogen-bond donors (Lipinski definition) is 0. The van der Waals surface area contributed by atoms with Crippen molar-refractivity contribution < 1.29 is 28.7 Å². The molecular weight excluding hydrogens is 288 g/mol. The van der Waals surface area contributed by atoms with Crippen LogP contribution in [0, 0.1) is 0 Å². The molecule has 0 atom stereocenters. The topological polar surface area (TPSA) is 86.7 Å². The molecule has 0 fully saturated rings. The van der Waals surface area contributed by atoms with Gasteiger partial charge in [-0.05, 0) is 25.0 Å². The molecule has 22 heavy (non-hydrogen) atoms. The van der Waals surface area contributed by atoms with Crippen LogP contribution < -0.4 is 0 Å². The van der Waals surface area contributed by atoms with E-state index < -0.39 is 11.9 Å². The van der Waals surface area contributed by atoms with Gasteiger partial charge >= 0.3 is 11.9 Å². The molecule has 6 heteroatoms. The molecule has 0 amide bonds. The van der Waals surface area contributed by atoms with Crippen LogP contribution in [0.25, 0.3) is 0 Å². The molecule has 0 aliphatic heterocycles. The molecule has 0 saturated heterocycles. The Hall–Kier alpha value is -2.50. The zero-order chi connectivity index (χ0) is 16.5. The number of carbonyl (C=O) groups is 4. The highest BCUT2D eigenvalue weighted by Crippen LogP contribution is 2.12. The van der Waals surface area contributed by atoms with Crippen molar-refractivity contribution in [2.24, 2.45) is 0 Å². The summed E-state index contributed by atoms with van der Waals surface area (Å²) in [6.07, 6.45) is -0.536. The van der Waals surface area contributed by atoms with E-state index in [1.807, 2.05) is 0 Å². The Kier molecular flexibility index (Phi) is 6.95. The standard InChI is InChI=1S/C16H18O6/c1-11(17)7-15(19)21-9-13-5-3-4-6-14(13)10-22-16(20)8-12(2)18/h3-6H,7-10H2,1-2H3. The molecule has 0 aliphatic carbocycles. The van der Waals surface area contributed by atoms with Crippen LogP contribution in [-0.4, -0.2) is 23.5 Å². The van der Waals surface area contributed by atoms with E-state index in [-0.39, 0.29) is 37.6 Å². The van der Waals surface area contributed by atoms with Gasteiger partial charge in [-0.25, -0.2) is 0 Å². The molecule has 0 radical (unpaired) electrons. The Labute approximate surface area is 128 Å². The van der Waals surface area contributed by atoms with Gasteiger partial charge in [-0.1, -0.05) is 24.3 Å². The second kappa shape index (κ2) is 8.71. The summed E-state index contributed by atoms with van der Waals surface area (Å²) in [5, 5.41) is 0. The highest BCUT2D eigenvalue weighted by atomic mass is 16.5. The van der Waals surface area contributed by atoms with Crippen LogP contribution in [0.2, 0.25) is 0 Å². The van der Waals surface area contributed by atoms with E-state index in [1.54, 1.807) is 24.3 Å². The van der Waals surface area contributed by atoms with Crippen LogP contribution >= 0.6 is 0 Å². The summed E-state index contributed by atoms with van der Waals surface area (Å²) in [6, 6.07) is 6.98. The zero-order valence-corrected chi connectivity index (χ0v) is 12.6. The number of rotatable bonds is 8. The third-order valence-electron chi connectivity index (χ3n) is 2.68. The van der Waals surface area contributed by atoms with Crippen LogP contribution in [0.15, 0.2) is 24.3 Å². The molecule has 0 aromatic heterocycles. The normalized spacial score (nSPS) is 9.91. The summed E-state index contributed by atoms with van der Waals surface area (Å²) in [4.78, 5) is 44.3. The van der Waals surface area contributed by atoms with E-state index in [9.17, 15) is 19.2 Å². The maximum absolute atomic E-state index is 11.4. The first-order valence-corrected chi connectivity index (χ1v) is 6.75. The Morgan fingerprint density at radius 1 is 0.773 bits per heavy atom. The largest absolute Gasteiger partial charge is 0.460 e. The molecule has 0 heterocycles. The van der Waals surface area contributed by atoms with E-state index in [4.69, 9.17) is 9.47 Å². The summed E-state index contributed by atoms with van der Waals surface area (Å²) < 4.78 is 9.99. The number of carbonyl (C=O) groups excluding carboxylic acids is 4. The van der Waals surface area contributed by atoms with Gasteiger partial charge in [0.25, 0.3) is 0 Å². The summed E-state index contributed by atoms with van der Waals surface area (Å²) in [5.74, 6) is -1.74. The second-order valence-corrected chi connectivity index (χ2v) is 4.85. The van der Waals surface area contributed by atoms with E-state index >= 15 is 0 Å². The number of hydrogen-bond acceptors (Lipinski definition) is 6. The van der Waals surface area contributed by atoms with Gasteiger partial charge in [0.2, 0.25) is 0 Å². The number of ether oxygens (including phenoxy) is 2. The first kappa shape index (κ1) is 17.6. The summed E-state index contributed by atoms with van der Waals surface area (Å²) in [7, 11) is 0. The lowest BCUT2D eigenvalue weighted by atomic mass is 10.1. The molecular formula is C16H18O6. The lowest BCUT2D eigenvalue weighted by Gasteiger charge is -2.10. The smallest absolute Gasteiger partial charge is 0.313 e. The van der Waals surface area contributed by atoms with Gasteiger partial charge in [0, 0.05) is 0 Å². The SMILES string of the molecule is CC(=O)CC(=O)OCc1ccccc1COC(=O)CC(C)=O. The predicted octanol–water partition coefficient (Wildman–Crippen LogP) is 1.73. The minimum absolute atomic E-state index is 0.00740. The number of benzene rings is 1. The highest BCUT2D eigenvalue weighted by Gasteiger charge is 2.11. The van der Waals surface area contributed by atoms with Crippen LogP contribution in [0.4, 0.5) is 0 Å². The second-order valence-electron chi connectivity index (χ2n) is 4.85. The summed E-state index contributed by atoms with van der Waals surface area (Å²) in [6.45, 7) is 2.60. The Morgan fingerprint density at radius 2 is 1.14 bits per heavy atom. The van der Waals surface area contributed by atoms with Gasteiger partial charge in [-0.15, -0.1) is 0 Å². The molecule has 0 spiro atoms. The molecule has 1 aromatic carbocycles. The molecule has 6 nitrogen and oxygen atoms in total. The van der Waals surface area contributed by atoms with E-state index in [1.165, 1.54) is 13.8 Å².